The number of fused-ring (bicyclic) bond motifs is 1. The molecule has 0 N–H and O–H groups in total. The largest absolute Gasteiger partial charge is 0.341 e. The monoisotopic (exact) mass is 331 g/mol. The number of thioether (sulfide) groups is 1. The van der Waals surface area contributed by atoms with Crippen LogP contribution in [-0.2, 0) is 0 Å². The first-order chi connectivity index (χ1) is 11.8. The van der Waals surface area contributed by atoms with Crippen molar-refractivity contribution in [1.82, 2.24) is 14.8 Å². The van der Waals surface area contributed by atoms with E-state index in [-0.39, 0.29) is 0 Å². The summed E-state index contributed by atoms with van der Waals surface area (Å²) in [6.45, 7) is 3.15. The minimum absolute atomic E-state index is 0.350. The van der Waals surface area contributed by atoms with Crippen molar-refractivity contribution in [2.24, 2.45) is 0 Å². The quantitative estimate of drug-likeness (QED) is 0.777. The zero-order valence-corrected chi connectivity index (χ0v) is 14.2. The molecule has 2 aromatic rings. The summed E-state index contributed by atoms with van der Waals surface area (Å²) in [5.74, 6) is 6.27. The molecule has 0 radical (unpaired) electrons. The fourth-order valence-electron chi connectivity index (χ4n) is 2.84. The Hall–Kier alpha value is -2.64. The Kier molecular flexibility index (Phi) is 4.02. The van der Waals surface area contributed by atoms with Crippen molar-refractivity contribution in [2.45, 2.75) is 12.4 Å². The second-order valence-corrected chi connectivity index (χ2v) is 6.51. The van der Waals surface area contributed by atoms with E-state index in [1.54, 1.807) is 0 Å². The fraction of sp³-hybridized carbons (Fsp3) is 0.150. The normalized spacial score (nSPS) is 18.2. The van der Waals surface area contributed by atoms with Crippen molar-refractivity contribution in [3.05, 3.63) is 83.3 Å². The number of rotatable bonds is 2. The highest BCUT2D eigenvalue weighted by molar-refractivity contribution is 8.02. The third-order valence-corrected chi connectivity index (χ3v) is 5.06. The summed E-state index contributed by atoms with van der Waals surface area (Å²) in [5.41, 5.74) is 4.49. The molecule has 0 spiro atoms. The van der Waals surface area contributed by atoms with Gasteiger partial charge in [-0.3, -0.25) is 0 Å². The fourth-order valence-corrected chi connectivity index (χ4v) is 3.87. The Labute approximate surface area is 146 Å². The lowest BCUT2D eigenvalue weighted by molar-refractivity contribution is 0.307. The average molecular weight is 331 g/mol. The van der Waals surface area contributed by atoms with Crippen LogP contribution in [0.15, 0.2) is 66.5 Å². The van der Waals surface area contributed by atoms with Crippen molar-refractivity contribution in [2.75, 3.05) is 6.54 Å². The van der Waals surface area contributed by atoms with Crippen molar-refractivity contribution in [3.63, 3.8) is 0 Å². The summed E-state index contributed by atoms with van der Waals surface area (Å²) < 4.78 is 0. The Balaban J connectivity index is 1.56. The molecule has 0 amide bonds. The summed E-state index contributed by atoms with van der Waals surface area (Å²) in [5, 5.41) is 2.14. The lowest BCUT2D eigenvalue weighted by atomic mass is 10.2. The molecule has 3 nitrogen and oxygen atoms in total. The topological polar surface area (TPSA) is 19.4 Å². The van der Waals surface area contributed by atoms with Crippen LogP contribution in [0.25, 0.3) is 5.70 Å². The van der Waals surface area contributed by atoms with Gasteiger partial charge in [0.25, 0.3) is 0 Å². The molecule has 0 bridgehead atoms. The van der Waals surface area contributed by atoms with Gasteiger partial charge >= 0.3 is 0 Å². The van der Waals surface area contributed by atoms with E-state index in [1.165, 1.54) is 5.70 Å². The number of hydrogen-bond donors (Lipinski definition) is 0. The minimum atomic E-state index is 0.350. The van der Waals surface area contributed by atoms with E-state index in [9.17, 15) is 0 Å². The van der Waals surface area contributed by atoms with E-state index in [0.29, 0.717) is 5.50 Å². The van der Waals surface area contributed by atoms with Crippen molar-refractivity contribution >= 4 is 17.5 Å². The molecule has 0 saturated carbocycles. The zero-order valence-electron chi connectivity index (χ0n) is 13.4. The molecular weight excluding hydrogens is 314 g/mol. The molecule has 24 heavy (non-hydrogen) atoms. The van der Waals surface area contributed by atoms with Crippen LogP contribution in [0.1, 0.15) is 23.7 Å². The number of hydrogen-bond acceptors (Lipinski definition) is 4. The van der Waals surface area contributed by atoms with Crippen LogP contribution in [0.5, 0.6) is 0 Å². The summed E-state index contributed by atoms with van der Waals surface area (Å²) in [7, 11) is 0. The predicted molar refractivity (Wildman–Crippen MR) is 99.4 cm³/mol. The second-order valence-electron chi connectivity index (χ2n) is 5.54. The zero-order chi connectivity index (χ0) is 16.4. The van der Waals surface area contributed by atoms with Gasteiger partial charge in [-0.25, -0.2) is 4.98 Å². The van der Waals surface area contributed by atoms with Gasteiger partial charge in [-0.2, -0.15) is 0 Å². The van der Waals surface area contributed by atoms with Gasteiger partial charge in [-0.15, -0.1) is 0 Å². The van der Waals surface area contributed by atoms with E-state index in [4.69, 9.17) is 0 Å². The predicted octanol–water partition coefficient (Wildman–Crippen LogP) is 3.92. The maximum atomic E-state index is 4.52. The number of pyridine rings is 1. The van der Waals surface area contributed by atoms with E-state index >= 15 is 0 Å². The van der Waals surface area contributed by atoms with Crippen LogP contribution in [-0.4, -0.2) is 26.8 Å². The first-order valence-corrected chi connectivity index (χ1v) is 8.91. The van der Waals surface area contributed by atoms with Gasteiger partial charge < -0.3 is 9.80 Å². The maximum Gasteiger partial charge on any atom is 0.158 e. The molecule has 0 fully saturated rings. The molecule has 118 valence electrons. The first kappa shape index (κ1) is 14.9. The molecule has 1 atom stereocenters. The van der Waals surface area contributed by atoms with E-state index in [0.717, 1.165) is 23.4 Å². The third-order valence-electron chi connectivity index (χ3n) is 4.04. The van der Waals surface area contributed by atoms with Gasteiger partial charge in [-0.05, 0) is 42.5 Å². The Morgan fingerprint density at radius 1 is 1.12 bits per heavy atom. The van der Waals surface area contributed by atoms with E-state index in [1.807, 2.05) is 54.4 Å². The Morgan fingerprint density at radius 2 is 2.00 bits per heavy atom. The number of aromatic nitrogens is 1. The smallest absolute Gasteiger partial charge is 0.158 e. The maximum absolute atomic E-state index is 4.52. The van der Waals surface area contributed by atoms with Crippen LogP contribution in [0.4, 0.5) is 0 Å². The molecule has 1 aromatic carbocycles. The molecule has 1 aromatic heterocycles. The lowest BCUT2D eigenvalue weighted by Crippen LogP contribution is -2.31. The van der Waals surface area contributed by atoms with Gasteiger partial charge in [0.1, 0.15) is 5.69 Å². The van der Waals surface area contributed by atoms with Crippen LogP contribution in [0.3, 0.4) is 0 Å². The first-order valence-electron chi connectivity index (χ1n) is 7.96. The Bertz CT molecular complexity index is 844. The van der Waals surface area contributed by atoms with Gasteiger partial charge in [0.2, 0.25) is 0 Å². The molecule has 4 heteroatoms. The standard InChI is InChI=1S/C20H17N3S/c1-2-23-19(15-22-12-13-24-20(22)23)17-9-11-18(21-14-17)10-8-16-6-4-3-5-7-16/h3-7,9,11-15,20H,2H2,1H3. The average Bonchev–Trinajstić information content (AvgIpc) is 3.22. The van der Waals surface area contributed by atoms with E-state index in [2.05, 4.69) is 57.4 Å². The van der Waals surface area contributed by atoms with Crippen LogP contribution in [0.2, 0.25) is 0 Å². The van der Waals surface area contributed by atoms with Crippen LogP contribution >= 0.6 is 11.8 Å². The van der Waals surface area contributed by atoms with Crippen molar-refractivity contribution in [3.8, 4) is 11.8 Å². The van der Waals surface area contributed by atoms with Crippen LogP contribution < -0.4 is 0 Å². The molecule has 0 saturated heterocycles. The number of benzene rings is 1. The van der Waals surface area contributed by atoms with Crippen molar-refractivity contribution < 1.29 is 0 Å². The highest BCUT2D eigenvalue weighted by atomic mass is 32.2. The number of nitrogens with zero attached hydrogens (tertiary/aromatic N) is 3. The summed E-state index contributed by atoms with van der Waals surface area (Å²) in [4.78, 5) is 9.15. The SMILES string of the molecule is CCN1C(c2ccc(C#Cc3ccccc3)nc2)=CN2C=CSC21. The van der Waals surface area contributed by atoms with Gasteiger partial charge in [-0.1, -0.05) is 35.9 Å². The molecule has 2 aliphatic rings. The van der Waals surface area contributed by atoms with Crippen LogP contribution in [0, 0.1) is 11.8 Å². The highest BCUT2D eigenvalue weighted by Crippen LogP contribution is 2.39. The van der Waals surface area contributed by atoms with Gasteiger partial charge in [0.05, 0.1) is 5.70 Å². The molecule has 4 rings (SSSR count). The summed E-state index contributed by atoms with van der Waals surface area (Å²) >= 11 is 1.83. The molecule has 3 heterocycles. The molecular formula is C20H17N3S. The van der Waals surface area contributed by atoms with Gasteiger partial charge in [0.15, 0.2) is 5.50 Å². The minimum Gasteiger partial charge on any atom is -0.341 e. The van der Waals surface area contributed by atoms with Gasteiger partial charge in [0, 0.05) is 36.3 Å². The molecule has 2 aliphatic heterocycles. The summed E-state index contributed by atoms with van der Waals surface area (Å²) in [6, 6.07) is 14.1. The highest BCUT2D eigenvalue weighted by Gasteiger charge is 2.33. The lowest BCUT2D eigenvalue weighted by Gasteiger charge is -2.27. The van der Waals surface area contributed by atoms with Crippen molar-refractivity contribution in [1.29, 1.82) is 0 Å². The summed E-state index contributed by atoms with van der Waals surface area (Å²) in [6.07, 6.45) is 6.23. The third kappa shape index (κ3) is 2.79. The second kappa shape index (κ2) is 6.46. The molecule has 0 aliphatic carbocycles. The van der Waals surface area contributed by atoms with E-state index < -0.39 is 0 Å². The Morgan fingerprint density at radius 3 is 2.75 bits per heavy atom. The molecule has 1 unspecified atom stereocenters.